The van der Waals surface area contributed by atoms with Crippen molar-refractivity contribution in [1.82, 2.24) is 19.5 Å². The van der Waals surface area contributed by atoms with Crippen LogP contribution in [-0.4, -0.2) is 62.3 Å². The van der Waals surface area contributed by atoms with Crippen molar-refractivity contribution in [3.63, 3.8) is 0 Å². The molecule has 0 amide bonds. The average Bonchev–Trinajstić information content (AvgIpc) is 3.54. The summed E-state index contributed by atoms with van der Waals surface area (Å²) < 4.78 is 31.2. The summed E-state index contributed by atoms with van der Waals surface area (Å²) in [6.45, 7) is 4.03. The van der Waals surface area contributed by atoms with Crippen LogP contribution in [0.3, 0.4) is 0 Å². The van der Waals surface area contributed by atoms with E-state index in [0.717, 1.165) is 11.1 Å². The Bertz CT molecular complexity index is 1770. The topological polar surface area (TPSA) is 153 Å². The van der Waals surface area contributed by atoms with Crippen LogP contribution in [0.25, 0.3) is 17.2 Å². The largest absolute Gasteiger partial charge is 0.471 e. The molecule has 1 aliphatic heterocycles. The second-order valence-electron chi connectivity index (χ2n) is 10.4. The quantitative estimate of drug-likeness (QED) is 0.144. The molecule has 0 unspecified atom stereocenters. The maximum Gasteiger partial charge on any atom is 0.303 e. The van der Waals surface area contributed by atoms with Gasteiger partial charge in [-0.25, -0.2) is 4.98 Å². The minimum absolute atomic E-state index is 0.184. The standard InChI is InChI=1S/C32H31Br2N5O8/c1-18(40)43-17-23-27(45-19(2)41)28(46-20(3)42)31(47-23)39-25(14-24(33)34)36-26-29(39)37-32(35-15-21-10-6-4-7-11-21)38-30(26)44-16-22-12-8-5-9-13-22/h4-14,23,27-28,31H,15-17H2,1-3H3,(H,35,37,38)/t23-,27-,28-,31-/m1/s1. The zero-order valence-electron chi connectivity index (χ0n) is 25.6. The molecule has 0 bridgehead atoms. The van der Waals surface area contributed by atoms with Crippen LogP contribution in [0, 0.1) is 0 Å². The second-order valence-corrected chi connectivity index (χ2v) is 13.2. The van der Waals surface area contributed by atoms with Crippen LogP contribution < -0.4 is 10.1 Å². The molecule has 15 heteroatoms. The molecule has 2 aromatic heterocycles. The van der Waals surface area contributed by atoms with Gasteiger partial charge in [0.1, 0.15) is 25.1 Å². The Morgan fingerprint density at radius 1 is 0.872 bits per heavy atom. The Hall–Kier alpha value is -4.34. The van der Waals surface area contributed by atoms with Gasteiger partial charge in [0.15, 0.2) is 29.6 Å². The van der Waals surface area contributed by atoms with Gasteiger partial charge in [-0.15, -0.1) is 0 Å². The van der Waals surface area contributed by atoms with Gasteiger partial charge in [-0.1, -0.05) is 60.7 Å². The van der Waals surface area contributed by atoms with Gasteiger partial charge in [-0.2, -0.15) is 9.97 Å². The fourth-order valence-corrected chi connectivity index (χ4v) is 5.41. The number of rotatable bonds is 12. The molecule has 0 saturated carbocycles. The molecule has 5 rings (SSSR count). The maximum atomic E-state index is 12.4. The van der Waals surface area contributed by atoms with Crippen LogP contribution >= 0.6 is 31.9 Å². The van der Waals surface area contributed by atoms with Gasteiger partial charge in [0.2, 0.25) is 11.8 Å². The molecule has 0 spiro atoms. The van der Waals surface area contributed by atoms with E-state index in [1.54, 1.807) is 10.6 Å². The average molecular weight is 773 g/mol. The highest BCUT2D eigenvalue weighted by Crippen LogP contribution is 2.39. The van der Waals surface area contributed by atoms with Crippen LogP contribution in [0.5, 0.6) is 5.88 Å². The molecular formula is C32H31Br2N5O8. The number of carbonyl (C=O) groups is 3. The predicted octanol–water partition coefficient (Wildman–Crippen LogP) is 5.43. The normalized spacial score (nSPS) is 18.7. The van der Waals surface area contributed by atoms with Crippen molar-refractivity contribution >= 4 is 73.0 Å². The van der Waals surface area contributed by atoms with E-state index in [2.05, 4.69) is 42.2 Å². The van der Waals surface area contributed by atoms with E-state index in [9.17, 15) is 14.4 Å². The van der Waals surface area contributed by atoms with Gasteiger partial charge in [0, 0.05) is 33.4 Å². The van der Waals surface area contributed by atoms with E-state index >= 15 is 0 Å². The van der Waals surface area contributed by atoms with Gasteiger partial charge in [-0.3, -0.25) is 19.0 Å². The smallest absolute Gasteiger partial charge is 0.303 e. The highest BCUT2D eigenvalue weighted by atomic mass is 79.9. The van der Waals surface area contributed by atoms with Crippen LogP contribution in [-0.2, 0) is 46.5 Å². The molecule has 13 nitrogen and oxygen atoms in total. The molecule has 1 aliphatic rings. The lowest BCUT2D eigenvalue weighted by atomic mass is 10.1. The predicted molar refractivity (Wildman–Crippen MR) is 177 cm³/mol. The number of anilines is 1. The zero-order valence-corrected chi connectivity index (χ0v) is 28.8. The number of esters is 3. The fraction of sp³-hybridized carbons (Fsp3) is 0.312. The number of halogens is 2. The Balaban J connectivity index is 1.66. The minimum Gasteiger partial charge on any atom is -0.471 e. The first kappa shape index (κ1) is 34.0. The lowest BCUT2D eigenvalue weighted by Crippen LogP contribution is -2.40. The number of nitrogens with one attached hydrogen (secondary N) is 1. The van der Waals surface area contributed by atoms with E-state index < -0.39 is 42.4 Å². The first-order valence-electron chi connectivity index (χ1n) is 14.5. The number of benzene rings is 2. The van der Waals surface area contributed by atoms with Crippen molar-refractivity contribution in [1.29, 1.82) is 0 Å². The number of fused-ring (bicyclic) bond motifs is 1. The molecule has 3 heterocycles. The van der Waals surface area contributed by atoms with Crippen LogP contribution in [0.1, 0.15) is 44.0 Å². The number of hydrogen-bond acceptors (Lipinski definition) is 12. The Kier molecular flexibility index (Phi) is 11.2. The highest BCUT2D eigenvalue weighted by molar-refractivity contribution is 9.28. The molecule has 47 heavy (non-hydrogen) atoms. The number of aromatic nitrogens is 4. The van der Waals surface area contributed by atoms with Gasteiger partial charge in [-0.05, 0) is 43.0 Å². The number of hydrogen-bond donors (Lipinski definition) is 1. The molecule has 1 fully saturated rings. The maximum absolute atomic E-state index is 12.4. The Morgan fingerprint density at radius 2 is 1.51 bits per heavy atom. The number of ether oxygens (including phenoxy) is 5. The summed E-state index contributed by atoms with van der Waals surface area (Å²) in [4.78, 5) is 50.5. The lowest BCUT2D eigenvalue weighted by molar-refractivity contribution is -0.166. The third kappa shape index (κ3) is 8.73. The molecule has 0 radical (unpaired) electrons. The molecule has 246 valence electrons. The first-order valence-corrected chi connectivity index (χ1v) is 16.1. The van der Waals surface area contributed by atoms with E-state index in [1.807, 2.05) is 60.7 Å². The lowest BCUT2D eigenvalue weighted by Gasteiger charge is -2.24. The van der Waals surface area contributed by atoms with Gasteiger partial charge in [0.05, 0.1) is 3.39 Å². The summed E-state index contributed by atoms with van der Waals surface area (Å²) in [7, 11) is 0. The van der Waals surface area contributed by atoms with Crippen molar-refractivity contribution in [2.75, 3.05) is 11.9 Å². The summed E-state index contributed by atoms with van der Waals surface area (Å²) >= 11 is 6.80. The third-order valence-corrected chi connectivity index (χ3v) is 7.34. The molecule has 0 aliphatic carbocycles. The van der Waals surface area contributed by atoms with Gasteiger partial charge >= 0.3 is 17.9 Å². The van der Waals surface area contributed by atoms with Crippen molar-refractivity contribution in [2.45, 2.75) is 58.5 Å². The molecule has 2 aromatic carbocycles. The molecular weight excluding hydrogens is 742 g/mol. The minimum atomic E-state index is -1.18. The van der Waals surface area contributed by atoms with Crippen molar-refractivity contribution in [3.8, 4) is 5.88 Å². The Labute approximate surface area is 286 Å². The Morgan fingerprint density at radius 3 is 2.13 bits per heavy atom. The molecule has 4 atom stereocenters. The first-order chi connectivity index (χ1) is 22.6. The SMILES string of the molecule is CC(=O)OC[C@H]1O[C@@H](n2c(C=C(Br)Br)nc3c(OCc4ccccc4)nc(NCc4ccccc4)nc32)[C@H](OC(C)=O)[C@@H]1OC(C)=O. The number of nitrogens with zero attached hydrogens (tertiary/aromatic N) is 4. The number of imidazole rings is 1. The third-order valence-electron chi connectivity index (χ3n) is 6.88. The highest BCUT2D eigenvalue weighted by Gasteiger charge is 2.51. The van der Waals surface area contributed by atoms with Crippen LogP contribution in [0.2, 0.25) is 0 Å². The summed E-state index contributed by atoms with van der Waals surface area (Å²) in [5.41, 5.74) is 2.46. The van der Waals surface area contributed by atoms with E-state index in [-0.39, 0.29) is 36.2 Å². The van der Waals surface area contributed by atoms with Crippen molar-refractivity contribution < 1.29 is 38.1 Å². The van der Waals surface area contributed by atoms with Crippen LogP contribution in [0.15, 0.2) is 64.1 Å². The fourth-order valence-electron chi connectivity index (χ4n) is 5.00. The van der Waals surface area contributed by atoms with Crippen LogP contribution in [0.4, 0.5) is 5.95 Å². The zero-order chi connectivity index (χ0) is 33.5. The second kappa shape index (κ2) is 15.5. The van der Waals surface area contributed by atoms with Gasteiger partial charge < -0.3 is 29.0 Å². The van der Waals surface area contributed by atoms with E-state index in [1.165, 1.54) is 20.8 Å². The summed E-state index contributed by atoms with van der Waals surface area (Å²) in [5.74, 6) is -1.14. The monoisotopic (exact) mass is 771 g/mol. The molecule has 1 N–H and O–H groups in total. The van der Waals surface area contributed by atoms with E-state index in [0.29, 0.717) is 15.8 Å². The van der Waals surface area contributed by atoms with Crippen molar-refractivity contribution in [3.05, 3.63) is 81.0 Å². The summed E-state index contributed by atoms with van der Waals surface area (Å²) in [5, 5.41) is 3.25. The molecule has 4 aromatic rings. The number of carbonyl (C=O) groups excluding carboxylic acids is 3. The molecule has 1 saturated heterocycles. The van der Waals surface area contributed by atoms with Gasteiger partial charge in [0.25, 0.3) is 0 Å². The van der Waals surface area contributed by atoms with Crippen molar-refractivity contribution in [2.24, 2.45) is 0 Å². The van der Waals surface area contributed by atoms with E-state index in [4.69, 9.17) is 33.7 Å². The summed E-state index contributed by atoms with van der Waals surface area (Å²) in [6.07, 6.45) is -2.80. The summed E-state index contributed by atoms with van der Waals surface area (Å²) in [6, 6.07) is 19.3.